The zero-order valence-electron chi connectivity index (χ0n) is 16.8. The molecule has 31 heavy (non-hydrogen) atoms. The number of amides is 2. The van der Waals surface area contributed by atoms with E-state index in [1.54, 1.807) is 6.20 Å². The predicted molar refractivity (Wildman–Crippen MR) is 112 cm³/mol. The maximum absolute atomic E-state index is 12.7. The Morgan fingerprint density at radius 1 is 1.13 bits per heavy atom. The monoisotopic (exact) mass is 421 g/mol. The minimum Gasteiger partial charge on any atom is -0.445 e. The van der Waals surface area contributed by atoms with Gasteiger partial charge in [-0.2, -0.15) is 0 Å². The molecule has 4 rings (SSSR count). The highest BCUT2D eigenvalue weighted by Crippen LogP contribution is 2.21. The SMILES string of the molecule is O=C(NCc1ccc(-c2cnco2)cc1)[C@@H]1C[C@@H](O)CN1C(=O)OCc1ccccc1. The van der Waals surface area contributed by atoms with Gasteiger partial charge in [0.2, 0.25) is 5.91 Å². The van der Waals surface area contributed by atoms with Gasteiger partial charge in [-0.1, -0.05) is 54.6 Å². The third-order valence-electron chi connectivity index (χ3n) is 5.16. The Morgan fingerprint density at radius 2 is 1.90 bits per heavy atom. The summed E-state index contributed by atoms with van der Waals surface area (Å²) in [6.45, 7) is 0.477. The van der Waals surface area contributed by atoms with Crippen molar-refractivity contribution in [2.75, 3.05) is 6.54 Å². The van der Waals surface area contributed by atoms with Crippen molar-refractivity contribution in [1.82, 2.24) is 15.2 Å². The van der Waals surface area contributed by atoms with Crippen LogP contribution in [0.5, 0.6) is 0 Å². The summed E-state index contributed by atoms with van der Waals surface area (Å²) >= 11 is 0. The molecule has 3 aromatic rings. The molecule has 2 amide bonds. The lowest BCUT2D eigenvalue weighted by atomic mass is 10.1. The molecule has 8 nitrogen and oxygen atoms in total. The number of hydrogen-bond donors (Lipinski definition) is 2. The lowest BCUT2D eigenvalue weighted by Gasteiger charge is -2.23. The number of benzene rings is 2. The van der Waals surface area contributed by atoms with E-state index < -0.39 is 18.2 Å². The van der Waals surface area contributed by atoms with Gasteiger partial charge in [-0.25, -0.2) is 9.78 Å². The highest BCUT2D eigenvalue weighted by molar-refractivity contribution is 5.86. The molecule has 2 atom stereocenters. The largest absolute Gasteiger partial charge is 0.445 e. The minimum atomic E-state index is -0.772. The van der Waals surface area contributed by atoms with Crippen molar-refractivity contribution in [3.05, 3.63) is 78.3 Å². The third-order valence-corrected chi connectivity index (χ3v) is 5.16. The molecule has 160 valence electrons. The Bertz CT molecular complexity index is 1010. The number of hydrogen-bond acceptors (Lipinski definition) is 6. The van der Waals surface area contributed by atoms with Gasteiger partial charge < -0.3 is 19.6 Å². The summed E-state index contributed by atoms with van der Waals surface area (Å²) in [6.07, 6.45) is 1.80. The van der Waals surface area contributed by atoms with Gasteiger partial charge >= 0.3 is 6.09 Å². The van der Waals surface area contributed by atoms with Gasteiger partial charge in [0.05, 0.1) is 18.8 Å². The van der Waals surface area contributed by atoms with Crippen LogP contribution in [0.2, 0.25) is 0 Å². The molecule has 2 heterocycles. The number of ether oxygens (including phenoxy) is 1. The van der Waals surface area contributed by atoms with E-state index in [4.69, 9.17) is 9.15 Å². The molecule has 8 heteroatoms. The number of nitrogens with zero attached hydrogens (tertiary/aromatic N) is 2. The van der Waals surface area contributed by atoms with E-state index in [1.165, 1.54) is 11.3 Å². The van der Waals surface area contributed by atoms with Crippen LogP contribution in [0.4, 0.5) is 4.79 Å². The molecular weight excluding hydrogens is 398 g/mol. The predicted octanol–water partition coefficient (Wildman–Crippen LogP) is 2.73. The van der Waals surface area contributed by atoms with Gasteiger partial charge in [0.1, 0.15) is 12.6 Å². The molecule has 2 aromatic carbocycles. The Labute approximate surface area is 179 Å². The summed E-state index contributed by atoms with van der Waals surface area (Å²) in [5.41, 5.74) is 2.64. The number of aliphatic hydroxyl groups excluding tert-OH is 1. The fourth-order valence-electron chi connectivity index (χ4n) is 3.52. The maximum Gasteiger partial charge on any atom is 0.410 e. The quantitative estimate of drug-likeness (QED) is 0.634. The number of oxazole rings is 1. The zero-order chi connectivity index (χ0) is 21.6. The second-order valence-electron chi connectivity index (χ2n) is 7.38. The Hall–Kier alpha value is -3.65. The molecule has 1 aliphatic heterocycles. The Balaban J connectivity index is 1.32. The zero-order valence-corrected chi connectivity index (χ0v) is 16.8. The summed E-state index contributed by atoms with van der Waals surface area (Å²) < 4.78 is 10.6. The summed E-state index contributed by atoms with van der Waals surface area (Å²) in [5.74, 6) is 0.340. The van der Waals surface area contributed by atoms with Crippen molar-refractivity contribution in [3.63, 3.8) is 0 Å². The van der Waals surface area contributed by atoms with E-state index in [0.29, 0.717) is 12.3 Å². The van der Waals surface area contributed by atoms with E-state index in [0.717, 1.165) is 16.7 Å². The molecule has 1 fully saturated rings. The summed E-state index contributed by atoms with van der Waals surface area (Å²) in [5, 5.41) is 12.9. The average Bonchev–Trinajstić information content (AvgIpc) is 3.47. The Morgan fingerprint density at radius 3 is 2.61 bits per heavy atom. The number of β-amino-alcohol motifs (C(OH)–C–C–N with tert-alkyl or cyclic N) is 1. The van der Waals surface area contributed by atoms with Crippen LogP contribution in [-0.4, -0.2) is 45.7 Å². The van der Waals surface area contributed by atoms with E-state index in [9.17, 15) is 14.7 Å². The first-order valence-corrected chi connectivity index (χ1v) is 10.0. The lowest BCUT2D eigenvalue weighted by molar-refractivity contribution is -0.125. The third kappa shape index (κ3) is 5.10. The highest BCUT2D eigenvalue weighted by Gasteiger charge is 2.39. The second-order valence-corrected chi connectivity index (χ2v) is 7.38. The van der Waals surface area contributed by atoms with Crippen LogP contribution < -0.4 is 5.32 Å². The second kappa shape index (κ2) is 9.44. The van der Waals surface area contributed by atoms with Crippen molar-refractivity contribution in [1.29, 1.82) is 0 Å². The number of likely N-dealkylation sites (tertiary alicyclic amines) is 1. The summed E-state index contributed by atoms with van der Waals surface area (Å²) in [6, 6.07) is 16.1. The van der Waals surface area contributed by atoms with Crippen molar-refractivity contribution in [3.8, 4) is 11.3 Å². The van der Waals surface area contributed by atoms with E-state index in [-0.39, 0.29) is 25.5 Å². The van der Waals surface area contributed by atoms with Crippen LogP contribution >= 0.6 is 0 Å². The molecule has 0 bridgehead atoms. The van der Waals surface area contributed by atoms with Crippen LogP contribution in [0.3, 0.4) is 0 Å². The molecule has 1 aromatic heterocycles. The number of nitrogens with one attached hydrogen (secondary N) is 1. The van der Waals surface area contributed by atoms with Gasteiger partial charge in [-0.05, 0) is 11.1 Å². The first kappa shape index (κ1) is 20.6. The first-order valence-electron chi connectivity index (χ1n) is 10.0. The smallest absolute Gasteiger partial charge is 0.410 e. The van der Waals surface area contributed by atoms with Gasteiger partial charge in [-0.3, -0.25) is 9.69 Å². The Kier molecular flexibility index (Phi) is 6.28. The normalized spacial score (nSPS) is 18.0. The van der Waals surface area contributed by atoms with Crippen molar-refractivity contribution in [2.45, 2.75) is 31.7 Å². The topological polar surface area (TPSA) is 105 Å². The number of rotatable bonds is 6. The summed E-state index contributed by atoms with van der Waals surface area (Å²) in [4.78, 5) is 30.4. The van der Waals surface area contributed by atoms with Crippen molar-refractivity contribution < 1.29 is 23.8 Å². The molecule has 0 spiro atoms. The maximum atomic E-state index is 12.7. The van der Waals surface area contributed by atoms with Crippen molar-refractivity contribution in [2.24, 2.45) is 0 Å². The molecule has 0 aliphatic carbocycles. The molecule has 2 N–H and O–H groups in total. The fourth-order valence-corrected chi connectivity index (χ4v) is 3.52. The molecule has 0 radical (unpaired) electrons. The van der Waals surface area contributed by atoms with E-state index in [2.05, 4.69) is 10.3 Å². The van der Waals surface area contributed by atoms with Gasteiger partial charge in [0.15, 0.2) is 12.2 Å². The van der Waals surface area contributed by atoms with Gasteiger partial charge in [0.25, 0.3) is 0 Å². The minimum absolute atomic E-state index is 0.0671. The van der Waals surface area contributed by atoms with Crippen LogP contribution in [0.15, 0.2) is 71.6 Å². The number of aromatic nitrogens is 1. The van der Waals surface area contributed by atoms with Crippen LogP contribution in [0.25, 0.3) is 11.3 Å². The van der Waals surface area contributed by atoms with Crippen LogP contribution in [0, 0.1) is 0 Å². The highest BCUT2D eigenvalue weighted by atomic mass is 16.6. The molecule has 1 aliphatic rings. The molecular formula is C23H23N3O5. The molecule has 0 saturated carbocycles. The summed E-state index contributed by atoms with van der Waals surface area (Å²) in [7, 11) is 0. The number of carbonyl (C=O) groups excluding carboxylic acids is 2. The standard InChI is InChI=1S/C23H23N3O5/c27-19-10-20(26(13-19)23(29)30-14-17-4-2-1-3-5-17)22(28)25-11-16-6-8-18(9-7-16)21-12-24-15-31-21/h1-9,12,15,19-20,27H,10-11,13-14H2,(H,25,28)/t19-,20+/m1/s1. The number of aliphatic hydroxyl groups is 1. The van der Waals surface area contributed by atoms with E-state index >= 15 is 0 Å². The lowest BCUT2D eigenvalue weighted by Crippen LogP contribution is -2.45. The van der Waals surface area contributed by atoms with Crippen molar-refractivity contribution >= 4 is 12.0 Å². The molecule has 1 saturated heterocycles. The average molecular weight is 421 g/mol. The molecule has 0 unspecified atom stereocenters. The van der Waals surface area contributed by atoms with Crippen LogP contribution in [-0.2, 0) is 22.7 Å². The van der Waals surface area contributed by atoms with Gasteiger partial charge in [-0.15, -0.1) is 0 Å². The van der Waals surface area contributed by atoms with E-state index in [1.807, 2.05) is 54.6 Å². The number of carbonyl (C=O) groups is 2. The van der Waals surface area contributed by atoms with Crippen LogP contribution in [0.1, 0.15) is 17.5 Å². The fraction of sp³-hybridized carbons (Fsp3) is 0.261. The van der Waals surface area contributed by atoms with Gasteiger partial charge in [0, 0.05) is 18.5 Å². The first-order chi connectivity index (χ1) is 15.1.